The van der Waals surface area contributed by atoms with Gasteiger partial charge in [-0.05, 0) is 44.7 Å². The van der Waals surface area contributed by atoms with Crippen LogP contribution in [0, 0.1) is 17.2 Å². The van der Waals surface area contributed by atoms with Crippen molar-refractivity contribution in [3.05, 3.63) is 41.6 Å². The van der Waals surface area contributed by atoms with Crippen molar-refractivity contribution in [1.82, 2.24) is 25.7 Å². The van der Waals surface area contributed by atoms with Gasteiger partial charge in [0.25, 0.3) is 0 Å². The van der Waals surface area contributed by atoms with E-state index in [0.717, 1.165) is 31.5 Å². The lowest BCUT2D eigenvalue weighted by molar-refractivity contribution is -0.122. The number of nitrogens with zero attached hydrogens (tertiary/aromatic N) is 4. The number of aliphatic imine (C=N–C) groups is 1. The van der Waals surface area contributed by atoms with Gasteiger partial charge >= 0.3 is 0 Å². The van der Waals surface area contributed by atoms with Crippen LogP contribution in [0.25, 0.3) is 5.69 Å². The average molecular weight is 423 g/mol. The quantitative estimate of drug-likeness (QED) is 0.259. The zero-order valence-electron chi connectivity index (χ0n) is 17.9. The van der Waals surface area contributed by atoms with Crippen molar-refractivity contribution in [2.24, 2.45) is 10.9 Å². The fourth-order valence-electron chi connectivity index (χ4n) is 3.18. The third kappa shape index (κ3) is 6.22. The molecule has 0 atom stereocenters. The lowest BCUT2D eigenvalue weighted by atomic mass is 10.1. The number of amides is 1. The highest BCUT2D eigenvalue weighted by Crippen LogP contribution is 2.28. The van der Waals surface area contributed by atoms with Gasteiger partial charge in [0.05, 0.1) is 11.4 Å². The van der Waals surface area contributed by atoms with E-state index in [9.17, 15) is 10.1 Å². The number of hydrogen-bond donors (Lipinski definition) is 4. The Bertz CT molecular complexity index is 940. The predicted molar refractivity (Wildman–Crippen MR) is 121 cm³/mol. The summed E-state index contributed by atoms with van der Waals surface area (Å²) in [6.07, 6.45) is 3.35. The van der Waals surface area contributed by atoms with Gasteiger partial charge in [0.1, 0.15) is 17.5 Å². The third-order valence-electron chi connectivity index (χ3n) is 4.96. The van der Waals surface area contributed by atoms with Crippen molar-refractivity contribution in [3.63, 3.8) is 0 Å². The van der Waals surface area contributed by atoms with Crippen LogP contribution in [0.5, 0.6) is 0 Å². The minimum Gasteiger partial charge on any atom is -0.382 e. The number of nitrogen functional groups attached to an aromatic ring is 1. The molecule has 0 aliphatic heterocycles. The van der Waals surface area contributed by atoms with Crippen molar-refractivity contribution in [2.45, 2.75) is 32.6 Å². The summed E-state index contributed by atoms with van der Waals surface area (Å²) < 4.78 is 1.61. The van der Waals surface area contributed by atoms with Crippen LogP contribution >= 0.6 is 0 Å². The Hall–Kier alpha value is -3.54. The summed E-state index contributed by atoms with van der Waals surface area (Å²) in [6, 6.07) is 11.7. The van der Waals surface area contributed by atoms with E-state index in [2.05, 4.69) is 32.1 Å². The highest BCUT2D eigenvalue weighted by atomic mass is 16.2. The molecule has 0 spiro atoms. The number of aromatic nitrogens is 2. The molecule has 5 N–H and O–H groups in total. The summed E-state index contributed by atoms with van der Waals surface area (Å²) in [4.78, 5) is 16.2. The number of nitriles is 1. The highest BCUT2D eigenvalue weighted by molar-refractivity contribution is 5.81. The minimum absolute atomic E-state index is 0.145. The Morgan fingerprint density at radius 2 is 2.00 bits per heavy atom. The topological polar surface area (TPSA) is 133 Å². The van der Waals surface area contributed by atoms with E-state index in [1.165, 1.54) is 0 Å². The number of carbonyl (C=O) groups is 1. The molecule has 1 aliphatic carbocycles. The van der Waals surface area contributed by atoms with Gasteiger partial charge in [-0.2, -0.15) is 10.4 Å². The van der Waals surface area contributed by atoms with Crippen molar-refractivity contribution in [1.29, 1.82) is 5.26 Å². The van der Waals surface area contributed by atoms with Crippen LogP contribution in [-0.2, 0) is 11.2 Å². The fraction of sp³-hybridized carbons (Fsp3) is 0.455. The second-order valence-corrected chi connectivity index (χ2v) is 7.42. The summed E-state index contributed by atoms with van der Waals surface area (Å²) in [6.45, 7) is 4.51. The first-order valence-electron chi connectivity index (χ1n) is 10.8. The van der Waals surface area contributed by atoms with Gasteiger partial charge in [0.2, 0.25) is 5.91 Å². The maximum Gasteiger partial charge on any atom is 0.223 e. The van der Waals surface area contributed by atoms with Gasteiger partial charge in [0.15, 0.2) is 5.96 Å². The molecule has 1 saturated carbocycles. The van der Waals surface area contributed by atoms with Gasteiger partial charge in [0, 0.05) is 32.1 Å². The van der Waals surface area contributed by atoms with Gasteiger partial charge in [-0.15, -0.1) is 0 Å². The molecule has 0 unspecified atom stereocenters. The Labute approximate surface area is 182 Å². The van der Waals surface area contributed by atoms with Gasteiger partial charge < -0.3 is 21.7 Å². The lowest BCUT2D eigenvalue weighted by Gasteiger charge is -2.11. The van der Waals surface area contributed by atoms with Crippen molar-refractivity contribution >= 4 is 17.7 Å². The number of carbonyl (C=O) groups excluding carboxylic acids is 1. The molecule has 1 aromatic heterocycles. The summed E-state index contributed by atoms with van der Waals surface area (Å²) in [7, 11) is 0. The predicted octanol–water partition coefficient (Wildman–Crippen LogP) is 1.34. The van der Waals surface area contributed by atoms with Crippen LogP contribution in [-0.4, -0.2) is 47.8 Å². The molecule has 2 aromatic rings. The molecule has 0 saturated heterocycles. The Kier molecular flexibility index (Phi) is 7.87. The summed E-state index contributed by atoms with van der Waals surface area (Å²) >= 11 is 0. The number of hydrogen-bond acceptors (Lipinski definition) is 5. The molecular weight excluding hydrogens is 392 g/mol. The van der Waals surface area contributed by atoms with Crippen LogP contribution in [0.2, 0.25) is 0 Å². The zero-order chi connectivity index (χ0) is 22.1. The normalized spacial score (nSPS) is 13.5. The standard InChI is InChI=1S/C22H30N8O/c1-2-25-22(28-14-13-26-21(31)16-10-11-16)27-12-6-9-19-18(15-23)20(24)30(29-19)17-7-4-3-5-8-17/h3-5,7-8,16H,2,6,9-14,24H2,1H3,(H,26,31)(H2,25,27,28). The smallest absolute Gasteiger partial charge is 0.223 e. The number of aryl methyl sites for hydroxylation is 1. The summed E-state index contributed by atoms with van der Waals surface area (Å²) in [5.74, 6) is 1.43. The minimum atomic E-state index is 0.145. The summed E-state index contributed by atoms with van der Waals surface area (Å²) in [5.41, 5.74) is 8.08. The maximum absolute atomic E-state index is 11.7. The second-order valence-electron chi connectivity index (χ2n) is 7.42. The molecule has 164 valence electrons. The number of nitrogens with one attached hydrogen (secondary N) is 3. The maximum atomic E-state index is 11.7. The molecule has 0 radical (unpaired) electrons. The Morgan fingerprint density at radius 1 is 1.26 bits per heavy atom. The Morgan fingerprint density at radius 3 is 2.68 bits per heavy atom. The number of para-hydroxylation sites is 1. The second kappa shape index (κ2) is 11.0. The van der Waals surface area contributed by atoms with Crippen LogP contribution < -0.4 is 21.7 Å². The number of nitrogens with two attached hydrogens (primary N) is 1. The van der Waals surface area contributed by atoms with E-state index in [1.54, 1.807) is 4.68 Å². The van der Waals surface area contributed by atoms with E-state index >= 15 is 0 Å². The van der Waals surface area contributed by atoms with E-state index in [0.29, 0.717) is 49.1 Å². The first kappa shape index (κ1) is 22.2. The SMILES string of the molecule is CCNC(=NCCCc1nn(-c2ccccc2)c(N)c1C#N)NCCNC(=O)C1CC1. The van der Waals surface area contributed by atoms with Crippen LogP contribution in [0.1, 0.15) is 37.4 Å². The van der Waals surface area contributed by atoms with Crippen molar-refractivity contribution in [2.75, 3.05) is 31.9 Å². The largest absolute Gasteiger partial charge is 0.382 e. The van der Waals surface area contributed by atoms with Gasteiger partial charge in [-0.25, -0.2) is 4.68 Å². The molecule has 9 heteroatoms. The van der Waals surface area contributed by atoms with E-state index in [4.69, 9.17) is 5.73 Å². The average Bonchev–Trinajstić information content (AvgIpc) is 3.58. The van der Waals surface area contributed by atoms with E-state index in [-0.39, 0.29) is 11.8 Å². The van der Waals surface area contributed by atoms with Crippen molar-refractivity contribution in [3.8, 4) is 11.8 Å². The van der Waals surface area contributed by atoms with Gasteiger partial charge in [-0.1, -0.05) is 18.2 Å². The zero-order valence-corrected chi connectivity index (χ0v) is 17.9. The summed E-state index contributed by atoms with van der Waals surface area (Å²) in [5, 5.41) is 23.4. The first-order chi connectivity index (χ1) is 15.1. The lowest BCUT2D eigenvalue weighted by Crippen LogP contribution is -2.41. The molecule has 31 heavy (non-hydrogen) atoms. The number of benzene rings is 1. The van der Waals surface area contributed by atoms with Crippen molar-refractivity contribution < 1.29 is 4.79 Å². The number of guanidine groups is 1. The van der Waals surface area contributed by atoms with Crippen LogP contribution in [0.3, 0.4) is 0 Å². The molecule has 1 heterocycles. The molecule has 1 amide bonds. The fourth-order valence-corrected chi connectivity index (χ4v) is 3.18. The third-order valence-corrected chi connectivity index (χ3v) is 4.96. The van der Waals surface area contributed by atoms with E-state index < -0.39 is 0 Å². The van der Waals surface area contributed by atoms with Crippen LogP contribution in [0.4, 0.5) is 5.82 Å². The molecular formula is C22H30N8O. The molecule has 3 rings (SSSR count). The number of anilines is 1. The molecule has 9 nitrogen and oxygen atoms in total. The van der Waals surface area contributed by atoms with Crippen LogP contribution in [0.15, 0.2) is 35.3 Å². The van der Waals surface area contributed by atoms with Gasteiger partial charge in [-0.3, -0.25) is 9.79 Å². The Balaban J connectivity index is 1.51. The number of rotatable bonds is 10. The monoisotopic (exact) mass is 422 g/mol. The highest BCUT2D eigenvalue weighted by Gasteiger charge is 2.28. The molecule has 0 bridgehead atoms. The van der Waals surface area contributed by atoms with E-state index in [1.807, 2.05) is 37.3 Å². The molecule has 1 aliphatic rings. The molecule has 1 aromatic carbocycles. The first-order valence-corrected chi connectivity index (χ1v) is 10.8. The molecule has 1 fully saturated rings.